The number of hydrogen-bond acceptors (Lipinski definition) is 2. The Hall–Kier alpha value is -1.02. The van der Waals surface area contributed by atoms with Gasteiger partial charge < -0.3 is 10.5 Å². The van der Waals surface area contributed by atoms with E-state index < -0.39 is 0 Å². The van der Waals surface area contributed by atoms with Crippen molar-refractivity contribution in [1.29, 1.82) is 0 Å². The van der Waals surface area contributed by atoms with E-state index in [1.54, 1.807) is 0 Å². The molecule has 0 aliphatic carbocycles. The minimum absolute atomic E-state index is 0.160. The summed E-state index contributed by atoms with van der Waals surface area (Å²) in [6, 6.07) is 8.32. The summed E-state index contributed by atoms with van der Waals surface area (Å²) < 4.78 is 5.73. The lowest BCUT2D eigenvalue weighted by molar-refractivity contribution is 0.196. The normalized spacial score (nSPS) is 22.2. The van der Waals surface area contributed by atoms with Crippen LogP contribution in [0.4, 0.5) is 0 Å². The van der Waals surface area contributed by atoms with Gasteiger partial charge in [-0.3, -0.25) is 0 Å². The van der Waals surface area contributed by atoms with Gasteiger partial charge in [-0.1, -0.05) is 25.1 Å². The molecule has 1 aromatic carbocycles. The van der Waals surface area contributed by atoms with Gasteiger partial charge in [-0.2, -0.15) is 0 Å². The molecule has 0 saturated heterocycles. The van der Waals surface area contributed by atoms with Crippen LogP contribution in [0.15, 0.2) is 24.3 Å². The first-order chi connectivity index (χ1) is 6.31. The van der Waals surface area contributed by atoms with Gasteiger partial charge >= 0.3 is 0 Å². The fourth-order valence-electron chi connectivity index (χ4n) is 1.71. The van der Waals surface area contributed by atoms with Crippen molar-refractivity contribution in [2.24, 2.45) is 5.73 Å². The van der Waals surface area contributed by atoms with Crippen LogP contribution in [-0.2, 0) is 6.42 Å². The number of rotatable bonds is 2. The van der Waals surface area contributed by atoms with E-state index >= 15 is 0 Å². The minimum atomic E-state index is 0.160. The smallest absolute Gasteiger partial charge is 0.123 e. The molecule has 0 aromatic heterocycles. The van der Waals surface area contributed by atoms with Gasteiger partial charge in [0.15, 0.2) is 0 Å². The van der Waals surface area contributed by atoms with Crippen LogP contribution >= 0.6 is 0 Å². The van der Waals surface area contributed by atoms with Crippen LogP contribution in [-0.4, -0.2) is 12.1 Å². The largest absolute Gasteiger partial charge is 0.488 e. The summed E-state index contributed by atoms with van der Waals surface area (Å²) in [4.78, 5) is 0. The summed E-state index contributed by atoms with van der Waals surface area (Å²) in [6.45, 7) is 2.09. The zero-order valence-corrected chi connectivity index (χ0v) is 7.86. The molecule has 1 aromatic rings. The van der Waals surface area contributed by atoms with Crippen molar-refractivity contribution < 1.29 is 4.74 Å². The number of para-hydroxylation sites is 1. The van der Waals surface area contributed by atoms with Crippen LogP contribution in [0.1, 0.15) is 18.9 Å². The summed E-state index contributed by atoms with van der Waals surface area (Å²) in [5.74, 6) is 1.01. The van der Waals surface area contributed by atoms with Gasteiger partial charge in [0.2, 0.25) is 0 Å². The minimum Gasteiger partial charge on any atom is -0.488 e. The summed E-state index contributed by atoms with van der Waals surface area (Å²) in [7, 11) is 0. The number of nitrogens with two attached hydrogens (primary N) is 1. The van der Waals surface area contributed by atoms with E-state index in [9.17, 15) is 0 Å². The van der Waals surface area contributed by atoms with Crippen molar-refractivity contribution in [1.82, 2.24) is 0 Å². The van der Waals surface area contributed by atoms with Crippen LogP contribution in [0.2, 0.25) is 0 Å². The number of benzene rings is 1. The van der Waals surface area contributed by atoms with Gasteiger partial charge in [0, 0.05) is 12.5 Å². The number of ether oxygens (including phenoxy) is 1. The quantitative estimate of drug-likeness (QED) is 0.746. The molecule has 2 atom stereocenters. The molecule has 0 radical (unpaired) electrons. The summed E-state index contributed by atoms with van der Waals surface area (Å²) >= 11 is 0. The highest BCUT2D eigenvalue weighted by Crippen LogP contribution is 2.29. The molecule has 0 amide bonds. The maximum absolute atomic E-state index is 5.93. The van der Waals surface area contributed by atoms with Crippen molar-refractivity contribution >= 4 is 0 Å². The maximum Gasteiger partial charge on any atom is 0.123 e. The van der Waals surface area contributed by atoms with E-state index in [-0.39, 0.29) is 12.1 Å². The molecule has 0 spiro atoms. The second kappa shape index (κ2) is 3.38. The van der Waals surface area contributed by atoms with Crippen LogP contribution in [0, 0.1) is 0 Å². The fraction of sp³-hybridized carbons (Fsp3) is 0.455. The van der Waals surface area contributed by atoms with Gasteiger partial charge in [-0.25, -0.2) is 0 Å². The molecule has 1 heterocycles. The third kappa shape index (κ3) is 1.54. The second-order valence-electron chi connectivity index (χ2n) is 3.54. The van der Waals surface area contributed by atoms with Gasteiger partial charge in [0.05, 0.1) is 0 Å². The Morgan fingerprint density at radius 1 is 1.54 bits per heavy atom. The van der Waals surface area contributed by atoms with E-state index in [4.69, 9.17) is 10.5 Å². The van der Waals surface area contributed by atoms with Gasteiger partial charge in [0.25, 0.3) is 0 Å². The van der Waals surface area contributed by atoms with Crippen molar-refractivity contribution in [3.8, 4) is 5.75 Å². The molecular formula is C11H15NO. The molecular weight excluding hydrogens is 162 g/mol. The molecule has 0 fully saturated rings. The fourth-order valence-corrected chi connectivity index (χ4v) is 1.71. The van der Waals surface area contributed by atoms with Crippen molar-refractivity contribution in [3.63, 3.8) is 0 Å². The first kappa shape index (κ1) is 8.57. The third-order valence-corrected chi connectivity index (χ3v) is 2.62. The van der Waals surface area contributed by atoms with Gasteiger partial charge in [-0.15, -0.1) is 0 Å². The first-order valence-corrected chi connectivity index (χ1v) is 4.81. The maximum atomic E-state index is 5.93. The topological polar surface area (TPSA) is 35.2 Å². The molecule has 2 nitrogen and oxygen atoms in total. The van der Waals surface area contributed by atoms with E-state index in [2.05, 4.69) is 13.0 Å². The zero-order valence-electron chi connectivity index (χ0n) is 7.86. The first-order valence-electron chi connectivity index (χ1n) is 4.81. The highest BCUT2D eigenvalue weighted by molar-refractivity contribution is 5.37. The predicted molar refractivity (Wildman–Crippen MR) is 52.8 cm³/mol. The number of hydrogen-bond donors (Lipinski definition) is 1. The Morgan fingerprint density at radius 3 is 3.00 bits per heavy atom. The average molecular weight is 177 g/mol. The summed E-state index contributed by atoms with van der Waals surface area (Å²) in [6.07, 6.45) is 2.12. The number of fused-ring (bicyclic) bond motifs is 1. The van der Waals surface area contributed by atoms with Crippen LogP contribution in [0.5, 0.6) is 5.75 Å². The highest BCUT2D eigenvalue weighted by Gasteiger charge is 2.26. The second-order valence-corrected chi connectivity index (χ2v) is 3.54. The molecule has 2 N–H and O–H groups in total. The highest BCUT2D eigenvalue weighted by atomic mass is 16.5. The lowest BCUT2D eigenvalue weighted by Gasteiger charge is -2.16. The molecule has 1 aliphatic heterocycles. The van der Waals surface area contributed by atoms with Crippen molar-refractivity contribution in [2.75, 3.05) is 0 Å². The van der Waals surface area contributed by atoms with Crippen LogP contribution < -0.4 is 10.5 Å². The predicted octanol–water partition coefficient (Wildman–Crippen LogP) is 1.73. The van der Waals surface area contributed by atoms with Gasteiger partial charge in [-0.05, 0) is 18.1 Å². The molecule has 1 aliphatic rings. The zero-order chi connectivity index (χ0) is 9.26. The molecule has 13 heavy (non-hydrogen) atoms. The Bertz CT molecular complexity index is 273. The monoisotopic (exact) mass is 177 g/mol. The Morgan fingerprint density at radius 2 is 2.31 bits per heavy atom. The molecule has 0 bridgehead atoms. The van der Waals surface area contributed by atoms with E-state index in [0.29, 0.717) is 0 Å². The third-order valence-electron chi connectivity index (χ3n) is 2.62. The van der Waals surface area contributed by atoms with Crippen molar-refractivity contribution in [3.05, 3.63) is 29.8 Å². The molecule has 70 valence electrons. The molecule has 0 saturated carbocycles. The Labute approximate surface area is 78.7 Å². The lowest BCUT2D eigenvalue weighted by Crippen LogP contribution is -2.37. The molecule has 1 unspecified atom stereocenters. The van der Waals surface area contributed by atoms with Crippen molar-refractivity contribution in [2.45, 2.75) is 31.9 Å². The van der Waals surface area contributed by atoms with Crippen LogP contribution in [0.3, 0.4) is 0 Å². The van der Waals surface area contributed by atoms with E-state index in [1.165, 1.54) is 5.56 Å². The molecule has 2 heteroatoms. The summed E-state index contributed by atoms with van der Waals surface area (Å²) in [5, 5.41) is 0. The molecule has 2 rings (SSSR count). The van der Waals surface area contributed by atoms with Crippen LogP contribution in [0.25, 0.3) is 0 Å². The standard InChI is InChI=1S/C11H15NO/c1-2-9(12)11-7-8-5-3-4-6-10(8)13-11/h3-6,9,11H,2,7,12H2,1H3/t9-,11?/m0/s1. The van der Waals surface area contributed by atoms with Gasteiger partial charge in [0.1, 0.15) is 11.9 Å². The summed E-state index contributed by atoms with van der Waals surface area (Å²) in [5.41, 5.74) is 7.22. The van der Waals surface area contributed by atoms with E-state index in [1.807, 2.05) is 18.2 Å². The Kier molecular flexibility index (Phi) is 2.23. The SMILES string of the molecule is CC[C@H](N)C1Cc2ccccc2O1. The van der Waals surface area contributed by atoms with E-state index in [0.717, 1.165) is 18.6 Å². The Balaban J connectivity index is 2.14. The average Bonchev–Trinajstić information content (AvgIpc) is 2.59. The lowest BCUT2D eigenvalue weighted by atomic mass is 10.0.